The first-order valence-corrected chi connectivity index (χ1v) is 7.16. The van der Waals surface area contributed by atoms with Crippen LogP contribution in [0.15, 0.2) is 24.3 Å². The summed E-state index contributed by atoms with van der Waals surface area (Å²) in [6.07, 6.45) is 0. The number of aryl methyl sites for hydroxylation is 1. The van der Waals surface area contributed by atoms with Crippen molar-refractivity contribution in [3.05, 3.63) is 29.8 Å². The van der Waals surface area contributed by atoms with Crippen LogP contribution in [-0.2, 0) is 4.79 Å². The molecular weight excluding hydrogens is 252 g/mol. The molecule has 0 bridgehead atoms. The second-order valence-electron chi connectivity index (χ2n) is 5.77. The van der Waals surface area contributed by atoms with Crippen LogP contribution in [0.1, 0.15) is 19.4 Å². The van der Waals surface area contributed by atoms with E-state index in [-0.39, 0.29) is 12.5 Å². The average molecular weight is 276 g/mol. The molecule has 2 rings (SSSR count). The topological polar surface area (TPSA) is 32.8 Å². The van der Waals surface area contributed by atoms with Gasteiger partial charge in [-0.25, -0.2) is 0 Å². The Kier molecular flexibility index (Phi) is 4.65. The first-order chi connectivity index (χ1) is 9.47. The Labute approximate surface area is 121 Å². The average Bonchev–Trinajstić information content (AvgIpc) is 2.41. The molecule has 1 amide bonds. The summed E-state index contributed by atoms with van der Waals surface area (Å²) < 4.78 is 5.59. The lowest BCUT2D eigenvalue weighted by atomic mass is 10.1. The number of likely N-dealkylation sites (N-methyl/N-ethyl adjacent to an activating group) is 1. The van der Waals surface area contributed by atoms with Crippen LogP contribution in [0.5, 0.6) is 5.75 Å². The second kappa shape index (κ2) is 6.27. The third-order valence-electron chi connectivity index (χ3n) is 4.06. The highest BCUT2D eigenvalue weighted by Crippen LogP contribution is 2.15. The van der Waals surface area contributed by atoms with Crippen LogP contribution in [0, 0.1) is 6.92 Å². The molecule has 2 unspecified atom stereocenters. The Hall–Kier alpha value is -1.55. The van der Waals surface area contributed by atoms with Crippen LogP contribution in [0.4, 0.5) is 0 Å². The molecular formula is C16H24N2O2. The standard InChI is InChI=1S/C16H24N2O2/c1-12-6-5-7-15(8-12)20-11-16(19)18-9-13(2)17(4)14(3)10-18/h5-8,13-14H,9-11H2,1-4H3. The van der Waals surface area contributed by atoms with Crippen molar-refractivity contribution in [3.63, 3.8) is 0 Å². The summed E-state index contributed by atoms with van der Waals surface area (Å²) in [6.45, 7) is 7.98. The van der Waals surface area contributed by atoms with Crippen molar-refractivity contribution in [1.29, 1.82) is 0 Å². The predicted octanol–water partition coefficient (Wildman–Crippen LogP) is 1.92. The number of piperazine rings is 1. The van der Waals surface area contributed by atoms with Crippen LogP contribution < -0.4 is 4.74 Å². The summed E-state index contributed by atoms with van der Waals surface area (Å²) in [4.78, 5) is 16.5. The number of benzene rings is 1. The molecule has 20 heavy (non-hydrogen) atoms. The molecule has 1 aliphatic rings. The van der Waals surface area contributed by atoms with Gasteiger partial charge in [-0.1, -0.05) is 12.1 Å². The van der Waals surface area contributed by atoms with Crippen LogP contribution in [0.2, 0.25) is 0 Å². The number of carbonyl (C=O) groups excluding carboxylic acids is 1. The predicted molar refractivity (Wildman–Crippen MR) is 79.9 cm³/mol. The molecule has 1 fully saturated rings. The van der Waals surface area contributed by atoms with Gasteiger partial charge in [0, 0.05) is 25.2 Å². The van der Waals surface area contributed by atoms with Gasteiger partial charge in [-0.3, -0.25) is 9.69 Å². The van der Waals surface area contributed by atoms with Gasteiger partial charge >= 0.3 is 0 Å². The number of nitrogens with zero attached hydrogens (tertiary/aromatic N) is 2. The quantitative estimate of drug-likeness (QED) is 0.845. The van der Waals surface area contributed by atoms with E-state index in [9.17, 15) is 4.79 Å². The fourth-order valence-corrected chi connectivity index (χ4v) is 2.55. The van der Waals surface area contributed by atoms with E-state index in [4.69, 9.17) is 4.74 Å². The maximum atomic E-state index is 12.2. The number of rotatable bonds is 3. The third kappa shape index (κ3) is 3.51. The van der Waals surface area contributed by atoms with Crippen molar-refractivity contribution in [2.45, 2.75) is 32.9 Å². The maximum absolute atomic E-state index is 12.2. The molecule has 0 radical (unpaired) electrons. The summed E-state index contributed by atoms with van der Waals surface area (Å²) in [6, 6.07) is 8.56. The van der Waals surface area contributed by atoms with Gasteiger partial charge in [0.25, 0.3) is 5.91 Å². The molecule has 1 heterocycles. The molecule has 1 aliphatic heterocycles. The summed E-state index contributed by atoms with van der Waals surface area (Å²) in [5.74, 6) is 0.826. The molecule has 0 spiro atoms. The van der Waals surface area contributed by atoms with E-state index in [1.807, 2.05) is 36.1 Å². The van der Waals surface area contributed by atoms with Gasteiger partial charge in [0.1, 0.15) is 5.75 Å². The SMILES string of the molecule is Cc1cccc(OCC(=O)N2CC(C)N(C)C(C)C2)c1. The summed E-state index contributed by atoms with van der Waals surface area (Å²) >= 11 is 0. The first kappa shape index (κ1) is 14.9. The van der Waals surface area contributed by atoms with Gasteiger partial charge < -0.3 is 9.64 Å². The Morgan fingerprint density at radius 2 is 1.95 bits per heavy atom. The van der Waals surface area contributed by atoms with E-state index in [0.717, 1.165) is 24.4 Å². The minimum absolute atomic E-state index is 0.0679. The van der Waals surface area contributed by atoms with Crippen molar-refractivity contribution >= 4 is 5.91 Å². The van der Waals surface area contributed by atoms with Crippen LogP contribution in [0.3, 0.4) is 0 Å². The normalized spacial score (nSPS) is 23.7. The van der Waals surface area contributed by atoms with Crippen LogP contribution in [-0.4, -0.2) is 54.5 Å². The number of hydrogen-bond donors (Lipinski definition) is 0. The molecule has 1 saturated heterocycles. The Morgan fingerprint density at radius 1 is 1.30 bits per heavy atom. The minimum atomic E-state index is 0.0679. The largest absolute Gasteiger partial charge is 0.484 e. The smallest absolute Gasteiger partial charge is 0.260 e. The lowest BCUT2D eigenvalue weighted by Gasteiger charge is -2.42. The van der Waals surface area contributed by atoms with Gasteiger partial charge in [0.2, 0.25) is 0 Å². The third-order valence-corrected chi connectivity index (χ3v) is 4.06. The first-order valence-electron chi connectivity index (χ1n) is 7.16. The number of amides is 1. The van der Waals surface area contributed by atoms with Gasteiger partial charge in [-0.2, -0.15) is 0 Å². The Balaban J connectivity index is 1.89. The van der Waals surface area contributed by atoms with E-state index in [1.165, 1.54) is 0 Å². The highest BCUT2D eigenvalue weighted by Gasteiger charge is 2.29. The van der Waals surface area contributed by atoms with Gasteiger partial charge in [0.15, 0.2) is 6.61 Å². The van der Waals surface area contributed by atoms with E-state index >= 15 is 0 Å². The number of ether oxygens (including phenoxy) is 1. The van der Waals surface area contributed by atoms with E-state index in [1.54, 1.807) is 0 Å². The highest BCUT2D eigenvalue weighted by atomic mass is 16.5. The minimum Gasteiger partial charge on any atom is -0.484 e. The fraction of sp³-hybridized carbons (Fsp3) is 0.562. The summed E-state index contributed by atoms with van der Waals surface area (Å²) in [5, 5.41) is 0. The summed E-state index contributed by atoms with van der Waals surface area (Å²) in [5.41, 5.74) is 1.14. The van der Waals surface area contributed by atoms with Gasteiger partial charge in [0.05, 0.1) is 0 Å². The zero-order chi connectivity index (χ0) is 14.7. The molecule has 0 saturated carbocycles. The van der Waals surface area contributed by atoms with E-state index < -0.39 is 0 Å². The zero-order valence-corrected chi connectivity index (χ0v) is 12.8. The highest BCUT2D eigenvalue weighted by molar-refractivity contribution is 5.78. The molecule has 1 aromatic carbocycles. The van der Waals surface area contributed by atoms with Crippen molar-refractivity contribution < 1.29 is 9.53 Å². The molecule has 4 nitrogen and oxygen atoms in total. The maximum Gasteiger partial charge on any atom is 0.260 e. The van der Waals surface area contributed by atoms with Crippen molar-refractivity contribution in [2.75, 3.05) is 26.7 Å². The lowest BCUT2D eigenvalue weighted by Crippen LogP contribution is -2.57. The van der Waals surface area contributed by atoms with E-state index in [2.05, 4.69) is 25.8 Å². The van der Waals surface area contributed by atoms with Crippen LogP contribution >= 0.6 is 0 Å². The van der Waals surface area contributed by atoms with Gasteiger partial charge in [-0.05, 0) is 45.5 Å². The molecule has 1 aromatic rings. The Morgan fingerprint density at radius 3 is 2.55 bits per heavy atom. The van der Waals surface area contributed by atoms with Crippen molar-refractivity contribution in [3.8, 4) is 5.75 Å². The summed E-state index contributed by atoms with van der Waals surface area (Å²) in [7, 11) is 2.11. The number of hydrogen-bond acceptors (Lipinski definition) is 3. The molecule has 0 aliphatic carbocycles. The molecule has 2 atom stereocenters. The monoisotopic (exact) mass is 276 g/mol. The second-order valence-corrected chi connectivity index (χ2v) is 5.77. The lowest BCUT2D eigenvalue weighted by molar-refractivity contribution is -0.137. The molecule has 4 heteroatoms. The van der Waals surface area contributed by atoms with Crippen molar-refractivity contribution in [2.24, 2.45) is 0 Å². The fourth-order valence-electron chi connectivity index (χ4n) is 2.55. The van der Waals surface area contributed by atoms with Crippen molar-refractivity contribution in [1.82, 2.24) is 9.80 Å². The number of carbonyl (C=O) groups is 1. The molecule has 0 aromatic heterocycles. The van der Waals surface area contributed by atoms with Gasteiger partial charge in [-0.15, -0.1) is 0 Å². The Bertz CT molecular complexity index is 463. The van der Waals surface area contributed by atoms with E-state index in [0.29, 0.717) is 12.1 Å². The molecule has 0 N–H and O–H groups in total. The molecule has 110 valence electrons. The zero-order valence-electron chi connectivity index (χ0n) is 12.8. The van der Waals surface area contributed by atoms with Crippen LogP contribution in [0.25, 0.3) is 0 Å².